The third-order valence-electron chi connectivity index (χ3n) is 3.58. The molecule has 96 valence electrons. The molecule has 2 aliphatic rings. The summed E-state index contributed by atoms with van der Waals surface area (Å²) in [6.07, 6.45) is 2.56. The molecule has 1 saturated carbocycles. The third kappa shape index (κ3) is 2.23. The van der Waals surface area contributed by atoms with E-state index in [1.54, 1.807) is 0 Å². The number of halogens is 2. The number of aliphatic imine (C=N–C) groups is 1. The normalized spacial score (nSPS) is 23.3. The van der Waals surface area contributed by atoms with E-state index < -0.39 is 0 Å². The Morgan fingerprint density at radius 2 is 2.22 bits per heavy atom. The molecule has 3 rings (SSSR count). The summed E-state index contributed by atoms with van der Waals surface area (Å²) in [7, 11) is 0. The number of nitrogens with two attached hydrogens (primary N) is 1. The molecule has 0 radical (unpaired) electrons. The third-order valence-corrected chi connectivity index (χ3v) is 4.18. The molecule has 1 aliphatic heterocycles. The van der Waals surface area contributed by atoms with Gasteiger partial charge in [-0.05, 0) is 52.4 Å². The maximum absolute atomic E-state index is 13.3. The van der Waals surface area contributed by atoms with Crippen LogP contribution in [0, 0.1) is 11.7 Å². The van der Waals surface area contributed by atoms with Crippen molar-refractivity contribution in [3.05, 3.63) is 34.1 Å². The molecule has 0 spiro atoms. The first-order chi connectivity index (χ1) is 8.65. The zero-order valence-electron chi connectivity index (χ0n) is 9.94. The van der Waals surface area contributed by atoms with Crippen LogP contribution in [0.1, 0.15) is 24.4 Å². The van der Waals surface area contributed by atoms with E-state index in [1.807, 2.05) is 12.1 Å². The largest absolute Gasteiger partial charge is 0.370 e. The number of hydrogen-bond donors (Lipinski definition) is 1. The molecule has 0 amide bonds. The van der Waals surface area contributed by atoms with Crippen molar-refractivity contribution >= 4 is 21.9 Å². The molecule has 1 atom stereocenters. The van der Waals surface area contributed by atoms with E-state index in [0.29, 0.717) is 17.0 Å². The summed E-state index contributed by atoms with van der Waals surface area (Å²) in [5, 5.41) is 0. The van der Waals surface area contributed by atoms with E-state index in [2.05, 4.69) is 25.8 Å². The van der Waals surface area contributed by atoms with Crippen molar-refractivity contribution < 1.29 is 4.39 Å². The van der Waals surface area contributed by atoms with Gasteiger partial charge in [0.05, 0.1) is 17.1 Å². The van der Waals surface area contributed by atoms with Gasteiger partial charge in [-0.15, -0.1) is 0 Å². The van der Waals surface area contributed by atoms with Crippen LogP contribution in [-0.4, -0.2) is 23.9 Å². The van der Waals surface area contributed by atoms with Crippen LogP contribution in [0.5, 0.6) is 0 Å². The van der Waals surface area contributed by atoms with E-state index in [-0.39, 0.29) is 11.9 Å². The Kier molecular flexibility index (Phi) is 3.01. The second-order valence-electron chi connectivity index (χ2n) is 4.98. The number of guanidine groups is 1. The maximum Gasteiger partial charge on any atom is 0.191 e. The van der Waals surface area contributed by atoms with Crippen LogP contribution >= 0.6 is 15.9 Å². The van der Waals surface area contributed by atoms with Gasteiger partial charge >= 0.3 is 0 Å². The minimum Gasteiger partial charge on any atom is -0.370 e. The monoisotopic (exact) mass is 311 g/mol. The Morgan fingerprint density at radius 3 is 2.89 bits per heavy atom. The Labute approximate surface area is 114 Å². The van der Waals surface area contributed by atoms with Gasteiger partial charge in [0.1, 0.15) is 5.82 Å². The fraction of sp³-hybridized carbons (Fsp3) is 0.462. The lowest BCUT2D eigenvalue weighted by Gasteiger charge is -2.26. The summed E-state index contributed by atoms with van der Waals surface area (Å²) in [5.74, 6) is 1.13. The van der Waals surface area contributed by atoms with Gasteiger partial charge in [0.15, 0.2) is 5.96 Å². The van der Waals surface area contributed by atoms with Crippen molar-refractivity contribution in [3.8, 4) is 0 Å². The molecule has 1 unspecified atom stereocenters. The van der Waals surface area contributed by atoms with E-state index in [9.17, 15) is 4.39 Å². The van der Waals surface area contributed by atoms with Gasteiger partial charge in [0, 0.05) is 6.54 Å². The Hall–Kier alpha value is -1.10. The first kappa shape index (κ1) is 12.0. The van der Waals surface area contributed by atoms with Gasteiger partial charge < -0.3 is 10.6 Å². The first-order valence-corrected chi connectivity index (χ1v) is 6.96. The molecule has 1 aromatic carbocycles. The quantitative estimate of drug-likeness (QED) is 0.932. The molecular weight excluding hydrogens is 297 g/mol. The molecule has 1 aliphatic carbocycles. The average Bonchev–Trinajstić information content (AvgIpc) is 3.09. The van der Waals surface area contributed by atoms with Crippen molar-refractivity contribution in [1.29, 1.82) is 0 Å². The molecular formula is C13H15BrFN3. The zero-order chi connectivity index (χ0) is 12.7. The molecule has 0 saturated heterocycles. The highest BCUT2D eigenvalue weighted by Crippen LogP contribution is 2.35. The van der Waals surface area contributed by atoms with Crippen molar-refractivity contribution in [2.45, 2.75) is 18.9 Å². The van der Waals surface area contributed by atoms with Crippen molar-refractivity contribution in [3.63, 3.8) is 0 Å². The fourth-order valence-electron chi connectivity index (χ4n) is 2.33. The van der Waals surface area contributed by atoms with E-state index in [4.69, 9.17) is 5.73 Å². The molecule has 0 aromatic heterocycles. The number of rotatable bonds is 3. The van der Waals surface area contributed by atoms with Crippen LogP contribution in [0.15, 0.2) is 27.7 Å². The topological polar surface area (TPSA) is 41.6 Å². The fourth-order valence-corrected chi connectivity index (χ4v) is 2.73. The molecule has 2 N–H and O–H groups in total. The van der Waals surface area contributed by atoms with E-state index >= 15 is 0 Å². The summed E-state index contributed by atoms with van der Waals surface area (Å²) in [5.41, 5.74) is 7.00. The van der Waals surface area contributed by atoms with Crippen LogP contribution in [0.25, 0.3) is 0 Å². The van der Waals surface area contributed by atoms with Gasteiger partial charge in [-0.1, -0.05) is 6.07 Å². The number of hydrogen-bond acceptors (Lipinski definition) is 3. The first-order valence-electron chi connectivity index (χ1n) is 6.16. The predicted octanol–water partition coefficient (Wildman–Crippen LogP) is 2.67. The Balaban J connectivity index is 1.83. The molecule has 1 heterocycles. The summed E-state index contributed by atoms with van der Waals surface area (Å²) in [4.78, 5) is 6.47. The summed E-state index contributed by atoms with van der Waals surface area (Å²) in [6.45, 7) is 1.63. The van der Waals surface area contributed by atoms with Crippen LogP contribution in [0.4, 0.5) is 4.39 Å². The van der Waals surface area contributed by atoms with Crippen molar-refractivity contribution in [1.82, 2.24) is 4.90 Å². The Bertz CT molecular complexity index is 499. The molecule has 0 bridgehead atoms. The van der Waals surface area contributed by atoms with Gasteiger partial charge in [-0.2, -0.15) is 0 Å². The van der Waals surface area contributed by atoms with Crippen molar-refractivity contribution in [2.24, 2.45) is 16.6 Å². The summed E-state index contributed by atoms with van der Waals surface area (Å²) < 4.78 is 13.8. The van der Waals surface area contributed by atoms with Crippen LogP contribution < -0.4 is 5.73 Å². The van der Waals surface area contributed by atoms with Crippen LogP contribution in [0.3, 0.4) is 0 Å². The highest BCUT2D eigenvalue weighted by atomic mass is 79.9. The minimum absolute atomic E-state index is 0.155. The highest BCUT2D eigenvalue weighted by molar-refractivity contribution is 9.10. The van der Waals surface area contributed by atoms with E-state index in [1.165, 1.54) is 18.9 Å². The lowest BCUT2D eigenvalue weighted by molar-refractivity contribution is 0.333. The SMILES string of the molecule is NC1=NCC(c2ccc(F)c(Br)c2)N1CC1CC1. The van der Waals surface area contributed by atoms with Crippen molar-refractivity contribution in [2.75, 3.05) is 13.1 Å². The lowest BCUT2D eigenvalue weighted by Crippen LogP contribution is -2.37. The second-order valence-corrected chi connectivity index (χ2v) is 5.84. The highest BCUT2D eigenvalue weighted by Gasteiger charge is 2.33. The van der Waals surface area contributed by atoms with Gasteiger partial charge in [0.2, 0.25) is 0 Å². The molecule has 18 heavy (non-hydrogen) atoms. The van der Waals surface area contributed by atoms with Gasteiger partial charge in [-0.25, -0.2) is 4.39 Å². The molecule has 1 aromatic rings. The smallest absolute Gasteiger partial charge is 0.191 e. The van der Waals surface area contributed by atoms with Crippen LogP contribution in [-0.2, 0) is 0 Å². The molecule has 3 nitrogen and oxygen atoms in total. The Morgan fingerprint density at radius 1 is 1.44 bits per heavy atom. The van der Waals surface area contributed by atoms with E-state index in [0.717, 1.165) is 18.0 Å². The van der Waals surface area contributed by atoms with Crippen LogP contribution in [0.2, 0.25) is 0 Å². The molecule has 1 fully saturated rings. The average molecular weight is 312 g/mol. The predicted molar refractivity (Wildman–Crippen MR) is 72.8 cm³/mol. The summed E-state index contributed by atoms with van der Waals surface area (Å²) >= 11 is 3.23. The molecule has 5 heteroatoms. The number of nitrogens with zero attached hydrogens (tertiary/aromatic N) is 2. The van der Waals surface area contributed by atoms with Gasteiger partial charge in [0.25, 0.3) is 0 Å². The van der Waals surface area contributed by atoms with Gasteiger partial charge in [-0.3, -0.25) is 4.99 Å². The minimum atomic E-state index is -0.237. The standard InChI is InChI=1S/C13H15BrFN3/c14-10-5-9(3-4-11(10)15)12-6-17-13(16)18(12)7-8-1-2-8/h3-5,8,12H,1-2,6-7H2,(H2,16,17). The second kappa shape index (κ2) is 4.53. The lowest BCUT2D eigenvalue weighted by atomic mass is 10.1. The maximum atomic E-state index is 13.3. The zero-order valence-corrected chi connectivity index (χ0v) is 11.5. The number of benzene rings is 1. The summed E-state index contributed by atoms with van der Waals surface area (Å²) in [6, 6.07) is 5.29.